The second-order valence-corrected chi connectivity index (χ2v) is 5.43. The zero-order chi connectivity index (χ0) is 11.6. The van der Waals surface area contributed by atoms with E-state index in [2.05, 4.69) is 38.4 Å². The van der Waals surface area contributed by atoms with Crippen LogP contribution in [0.3, 0.4) is 0 Å². The maximum absolute atomic E-state index is 6.05. The Bertz CT molecular complexity index is 394. The topological polar surface area (TPSA) is 52.0 Å². The van der Waals surface area contributed by atoms with Crippen molar-refractivity contribution in [3.63, 3.8) is 0 Å². The summed E-state index contributed by atoms with van der Waals surface area (Å²) < 4.78 is 1.83. The summed E-state index contributed by atoms with van der Waals surface area (Å²) in [6.45, 7) is 5.81. The number of nitrogens with two attached hydrogens (primary N) is 2. The molecule has 0 heterocycles. The van der Waals surface area contributed by atoms with E-state index in [1.807, 2.05) is 19.1 Å². The van der Waals surface area contributed by atoms with E-state index in [9.17, 15) is 0 Å². The number of halogens is 3. The molecule has 4 N–H and O–H groups in total. The van der Waals surface area contributed by atoms with Crippen molar-refractivity contribution in [1.29, 1.82) is 0 Å². The standard InChI is InChI=1S/C11H14Br2N2.ClH/c1-6(2)3-10(14)8-4-7(12)5-9(13)11(8)15;/h4-5,10H,1,3,14-15H2,2H3;1H/t10-;/m1./s1. The molecule has 90 valence electrons. The molecule has 0 radical (unpaired) electrons. The molecule has 0 saturated heterocycles. The van der Waals surface area contributed by atoms with Gasteiger partial charge in [-0.15, -0.1) is 19.0 Å². The van der Waals surface area contributed by atoms with Crippen molar-refractivity contribution in [2.24, 2.45) is 5.73 Å². The van der Waals surface area contributed by atoms with Gasteiger partial charge in [-0.05, 0) is 47.0 Å². The summed E-state index contributed by atoms with van der Waals surface area (Å²) in [4.78, 5) is 0. The van der Waals surface area contributed by atoms with Crippen molar-refractivity contribution in [2.75, 3.05) is 5.73 Å². The van der Waals surface area contributed by atoms with Crippen LogP contribution < -0.4 is 11.5 Å². The molecular formula is C11H15Br2ClN2. The minimum atomic E-state index is -0.101. The average molecular weight is 371 g/mol. The molecule has 0 spiro atoms. The smallest absolute Gasteiger partial charge is 0.0507 e. The van der Waals surface area contributed by atoms with Crippen LogP contribution in [0.4, 0.5) is 5.69 Å². The van der Waals surface area contributed by atoms with Crippen molar-refractivity contribution < 1.29 is 0 Å². The molecule has 1 atom stereocenters. The van der Waals surface area contributed by atoms with Crippen LogP contribution in [-0.4, -0.2) is 0 Å². The highest BCUT2D eigenvalue weighted by Crippen LogP contribution is 2.32. The fraction of sp³-hybridized carbons (Fsp3) is 0.273. The van der Waals surface area contributed by atoms with Crippen LogP contribution in [-0.2, 0) is 0 Å². The second-order valence-electron chi connectivity index (χ2n) is 3.66. The first-order valence-corrected chi connectivity index (χ1v) is 6.14. The van der Waals surface area contributed by atoms with Crippen molar-refractivity contribution in [2.45, 2.75) is 19.4 Å². The molecule has 0 aliphatic carbocycles. The maximum Gasteiger partial charge on any atom is 0.0507 e. The Morgan fingerprint density at radius 2 is 2.00 bits per heavy atom. The summed E-state index contributed by atoms with van der Waals surface area (Å²) in [5, 5.41) is 0. The van der Waals surface area contributed by atoms with Gasteiger partial charge in [0.2, 0.25) is 0 Å². The first-order valence-electron chi connectivity index (χ1n) is 4.56. The molecule has 0 unspecified atom stereocenters. The van der Waals surface area contributed by atoms with E-state index in [4.69, 9.17) is 11.5 Å². The quantitative estimate of drug-likeness (QED) is 0.619. The average Bonchev–Trinajstić information content (AvgIpc) is 2.09. The zero-order valence-electron chi connectivity index (χ0n) is 8.97. The van der Waals surface area contributed by atoms with Crippen molar-refractivity contribution in [3.05, 3.63) is 38.8 Å². The number of anilines is 1. The summed E-state index contributed by atoms with van der Waals surface area (Å²) in [5.74, 6) is 0. The highest BCUT2D eigenvalue weighted by atomic mass is 79.9. The van der Waals surface area contributed by atoms with Gasteiger partial charge in [-0.25, -0.2) is 0 Å². The van der Waals surface area contributed by atoms with E-state index >= 15 is 0 Å². The van der Waals surface area contributed by atoms with Gasteiger partial charge in [-0.3, -0.25) is 0 Å². The van der Waals surface area contributed by atoms with Gasteiger partial charge in [0.15, 0.2) is 0 Å². The van der Waals surface area contributed by atoms with E-state index in [0.717, 1.165) is 26.5 Å². The third-order valence-corrected chi connectivity index (χ3v) is 3.21. The SMILES string of the molecule is C=C(C)C[C@@H](N)c1cc(Br)cc(Br)c1N.Cl. The third-order valence-electron chi connectivity index (χ3n) is 2.09. The van der Waals surface area contributed by atoms with Crippen molar-refractivity contribution >= 4 is 50.0 Å². The Kier molecular flexibility index (Phi) is 6.63. The lowest BCUT2D eigenvalue weighted by Crippen LogP contribution is -2.13. The lowest BCUT2D eigenvalue weighted by atomic mass is 10.00. The van der Waals surface area contributed by atoms with E-state index in [1.165, 1.54) is 0 Å². The molecule has 0 aliphatic heterocycles. The molecule has 16 heavy (non-hydrogen) atoms. The van der Waals surface area contributed by atoms with Crippen LogP contribution in [0.1, 0.15) is 24.9 Å². The van der Waals surface area contributed by atoms with Crippen molar-refractivity contribution in [3.8, 4) is 0 Å². The monoisotopic (exact) mass is 368 g/mol. The molecule has 0 fully saturated rings. The van der Waals surface area contributed by atoms with E-state index in [-0.39, 0.29) is 18.4 Å². The highest BCUT2D eigenvalue weighted by Gasteiger charge is 2.12. The predicted molar refractivity (Wildman–Crippen MR) is 79.9 cm³/mol. The van der Waals surface area contributed by atoms with E-state index in [1.54, 1.807) is 0 Å². The number of hydrogen-bond acceptors (Lipinski definition) is 2. The summed E-state index contributed by atoms with van der Waals surface area (Å²) in [6, 6.07) is 3.76. The Labute approximate surface area is 119 Å². The molecule has 5 heteroatoms. The number of hydrogen-bond donors (Lipinski definition) is 2. The normalized spacial score (nSPS) is 11.8. The fourth-order valence-electron chi connectivity index (χ4n) is 1.40. The number of nitrogen functional groups attached to an aromatic ring is 1. The molecule has 1 rings (SSSR count). The van der Waals surface area contributed by atoms with Crippen LogP contribution in [0, 0.1) is 0 Å². The molecule has 0 amide bonds. The van der Waals surface area contributed by atoms with Crippen LogP contribution in [0.5, 0.6) is 0 Å². The zero-order valence-corrected chi connectivity index (χ0v) is 13.0. The molecule has 0 saturated carbocycles. The van der Waals surface area contributed by atoms with Gasteiger partial charge in [0.1, 0.15) is 0 Å². The molecule has 2 nitrogen and oxygen atoms in total. The third kappa shape index (κ3) is 4.09. The van der Waals surface area contributed by atoms with Crippen LogP contribution in [0.25, 0.3) is 0 Å². The Hall–Kier alpha value is -0.0300. The number of rotatable bonds is 3. The minimum absolute atomic E-state index is 0. The van der Waals surface area contributed by atoms with Crippen LogP contribution in [0.2, 0.25) is 0 Å². The Balaban J connectivity index is 0.00000225. The lowest BCUT2D eigenvalue weighted by Gasteiger charge is -2.16. The first kappa shape index (κ1) is 16.0. The summed E-state index contributed by atoms with van der Waals surface area (Å²) >= 11 is 6.82. The largest absolute Gasteiger partial charge is 0.398 e. The molecule has 0 aliphatic rings. The lowest BCUT2D eigenvalue weighted by molar-refractivity contribution is 0.718. The molecule has 1 aromatic carbocycles. The first-order chi connectivity index (χ1) is 6.91. The van der Waals surface area contributed by atoms with Crippen LogP contribution >= 0.6 is 44.3 Å². The van der Waals surface area contributed by atoms with Gasteiger partial charge in [-0.1, -0.05) is 21.5 Å². The second kappa shape index (κ2) is 6.64. The molecule has 0 bridgehead atoms. The summed E-state index contributed by atoms with van der Waals surface area (Å²) in [6.07, 6.45) is 0.743. The van der Waals surface area contributed by atoms with Gasteiger partial charge >= 0.3 is 0 Å². The summed E-state index contributed by atoms with van der Waals surface area (Å²) in [5.41, 5.74) is 14.7. The van der Waals surface area contributed by atoms with E-state index in [0.29, 0.717) is 5.69 Å². The predicted octanol–water partition coefficient (Wildman–Crippen LogP) is 4.18. The van der Waals surface area contributed by atoms with E-state index < -0.39 is 0 Å². The van der Waals surface area contributed by atoms with Gasteiger partial charge in [0, 0.05) is 15.0 Å². The van der Waals surface area contributed by atoms with Gasteiger partial charge in [0.25, 0.3) is 0 Å². The highest BCUT2D eigenvalue weighted by molar-refractivity contribution is 9.11. The van der Waals surface area contributed by atoms with Crippen molar-refractivity contribution in [1.82, 2.24) is 0 Å². The molecule has 0 aromatic heterocycles. The maximum atomic E-state index is 6.05. The minimum Gasteiger partial charge on any atom is -0.398 e. The van der Waals surface area contributed by atoms with Gasteiger partial charge in [0.05, 0.1) is 5.69 Å². The van der Waals surface area contributed by atoms with Gasteiger partial charge in [-0.2, -0.15) is 0 Å². The fourth-order valence-corrected chi connectivity index (χ4v) is 2.66. The Morgan fingerprint density at radius 3 is 2.50 bits per heavy atom. The molecule has 1 aromatic rings. The summed E-state index contributed by atoms with van der Waals surface area (Å²) in [7, 11) is 0. The Morgan fingerprint density at radius 1 is 1.44 bits per heavy atom. The molecular weight excluding hydrogens is 355 g/mol. The van der Waals surface area contributed by atoms with Crippen LogP contribution in [0.15, 0.2) is 33.2 Å². The number of benzene rings is 1. The van der Waals surface area contributed by atoms with Gasteiger partial charge < -0.3 is 11.5 Å².